The van der Waals surface area contributed by atoms with Crippen molar-refractivity contribution in [2.75, 3.05) is 19.5 Å². The van der Waals surface area contributed by atoms with Gasteiger partial charge in [-0.15, -0.1) is 11.3 Å². The van der Waals surface area contributed by atoms with Crippen molar-refractivity contribution in [2.45, 2.75) is 19.7 Å². The third kappa shape index (κ3) is 4.29. The first-order chi connectivity index (χ1) is 13.7. The molecule has 0 radical (unpaired) electrons. The Morgan fingerprint density at radius 1 is 1.28 bits per heavy atom. The van der Waals surface area contributed by atoms with Crippen LogP contribution in [-0.4, -0.2) is 30.1 Å². The number of hydrogen-bond acceptors (Lipinski definition) is 6. The van der Waals surface area contributed by atoms with Gasteiger partial charge in [-0.05, 0) is 30.7 Å². The van der Waals surface area contributed by atoms with Gasteiger partial charge in [0.2, 0.25) is 5.88 Å². The molecule has 11 heteroatoms. The summed E-state index contributed by atoms with van der Waals surface area (Å²) in [5.41, 5.74) is -0.489. The summed E-state index contributed by atoms with van der Waals surface area (Å²) in [6.07, 6.45) is -4.63. The standard InChI is InChI=1S/C18H15ClF3N3O3S/c1-8-13-16(28-3)24-12(7-27-2)25-17(13)29-14(8)15(26)23-9-4-5-11(19)10(6-9)18(20,21)22/h4-6H,7H2,1-3H3,(H,23,26). The maximum Gasteiger partial charge on any atom is 0.417 e. The van der Waals surface area contributed by atoms with Crippen molar-refractivity contribution in [2.24, 2.45) is 0 Å². The predicted molar refractivity (Wildman–Crippen MR) is 104 cm³/mol. The highest BCUT2D eigenvalue weighted by molar-refractivity contribution is 7.20. The van der Waals surface area contributed by atoms with Crippen LogP contribution in [0.5, 0.6) is 5.88 Å². The van der Waals surface area contributed by atoms with Crippen LogP contribution in [0.3, 0.4) is 0 Å². The van der Waals surface area contributed by atoms with E-state index in [9.17, 15) is 18.0 Å². The smallest absolute Gasteiger partial charge is 0.417 e. The number of aryl methyl sites for hydroxylation is 1. The van der Waals surface area contributed by atoms with Gasteiger partial charge >= 0.3 is 6.18 Å². The van der Waals surface area contributed by atoms with Gasteiger partial charge in [-0.1, -0.05) is 11.6 Å². The summed E-state index contributed by atoms with van der Waals surface area (Å²) >= 11 is 6.70. The second-order valence-corrected chi connectivity index (χ2v) is 7.37. The number of alkyl halides is 3. The van der Waals surface area contributed by atoms with E-state index in [0.717, 1.165) is 23.5 Å². The monoisotopic (exact) mass is 445 g/mol. The van der Waals surface area contributed by atoms with Crippen LogP contribution < -0.4 is 10.1 Å². The number of aromatic nitrogens is 2. The maximum absolute atomic E-state index is 13.0. The second-order valence-electron chi connectivity index (χ2n) is 5.96. The first kappa shape index (κ1) is 21.3. The van der Waals surface area contributed by atoms with Crippen molar-refractivity contribution in [3.05, 3.63) is 45.1 Å². The number of benzene rings is 1. The van der Waals surface area contributed by atoms with E-state index in [2.05, 4.69) is 15.3 Å². The molecule has 3 rings (SSSR count). The molecule has 0 saturated carbocycles. The number of halogens is 4. The third-order valence-electron chi connectivity index (χ3n) is 4.01. The number of fused-ring (bicyclic) bond motifs is 1. The van der Waals surface area contributed by atoms with Crippen molar-refractivity contribution < 1.29 is 27.4 Å². The molecule has 1 aromatic carbocycles. The normalized spacial score (nSPS) is 11.7. The molecule has 154 valence electrons. The molecule has 0 fully saturated rings. The molecule has 29 heavy (non-hydrogen) atoms. The maximum atomic E-state index is 13.0. The second kappa shape index (κ2) is 8.13. The number of hydrogen-bond donors (Lipinski definition) is 1. The molecule has 0 spiro atoms. The van der Waals surface area contributed by atoms with Gasteiger partial charge in [0, 0.05) is 12.8 Å². The molecular weight excluding hydrogens is 431 g/mol. The van der Waals surface area contributed by atoms with Gasteiger partial charge in [0.25, 0.3) is 5.91 Å². The average Bonchev–Trinajstić information content (AvgIpc) is 2.99. The molecule has 1 N–H and O–H groups in total. The Kier molecular flexibility index (Phi) is 5.97. The van der Waals surface area contributed by atoms with Crippen molar-refractivity contribution >= 4 is 44.7 Å². The number of amides is 1. The van der Waals surface area contributed by atoms with Crippen molar-refractivity contribution in [3.8, 4) is 5.88 Å². The quantitative estimate of drug-likeness (QED) is 0.593. The number of carbonyl (C=O) groups is 1. The van der Waals surface area contributed by atoms with Crippen molar-refractivity contribution in [1.82, 2.24) is 9.97 Å². The molecule has 1 amide bonds. The van der Waals surface area contributed by atoms with E-state index in [4.69, 9.17) is 21.1 Å². The summed E-state index contributed by atoms with van der Waals surface area (Å²) < 4.78 is 49.5. The van der Waals surface area contributed by atoms with Crippen LogP contribution >= 0.6 is 22.9 Å². The topological polar surface area (TPSA) is 73.3 Å². The summed E-state index contributed by atoms with van der Waals surface area (Å²) in [6, 6.07) is 3.18. The Bertz CT molecular complexity index is 1090. The molecule has 0 aliphatic rings. The zero-order chi connectivity index (χ0) is 21.3. The molecule has 2 aromatic heterocycles. The van der Waals surface area contributed by atoms with Crippen LogP contribution in [0.1, 0.15) is 26.6 Å². The van der Waals surface area contributed by atoms with Gasteiger partial charge in [0.1, 0.15) is 11.4 Å². The molecular formula is C18H15ClF3N3O3S. The van der Waals surface area contributed by atoms with Gasteiger partial charge in [-0.2, -0.15) is 18.2 Å². The first-order valence-corrected chi connectivity index (χ1v) is 9.36. The highest BCUT2D eigenvalue weighted by atomic mass is 35.5. The minimum Gasteiger partial charge on any atom is -0.480 e. The summed E-state index contributed by atoms with van der Waals surface area (Å²) in [5.74, 6) is 0.106. The van der Waals surface area contributed by atoms with Gasteiger partial charge in [0.05, 0.1) is 28.0 Å². The molecule has 0 unspecified atom stereocenters. The van der Waals surface area contributed by atoms with Gasteiger partial charge in [-0.3, -0.25) is 4.79 Å². The Morgan fingerprint density at radius 2 is 2.00 bits per heavy atom. The Morgan fingerprint density at radius 3 is 2.62 bits per heavy atom. The van der Waals surface area contributed by atoms with Crippen LogP contribution in [0.25, 0.3) is 10.2 Å². The molecule has 0 aliphatic heterocycles. The lowest BCUT2D eigenvalue weighted by atomic mass is 10.1. The SMILES string of the molecule is COCc1nc(OC)c2c(C)c(C(=O)Nc3ccc(Cl)c(C(F)(F)F)c3)sc2n1. The van der Waals surface area contributed by atoms with Gasteiger partial charge in [-0.25, -0.2) is 4.98 Å². The number of nitrogens with one attached hydrogen (secondary N) is 1. The zero-order valence-corrected chi connectivity index (χ0v) is 17.1. The number of nitrogens with zero attached hydrogens (tertiary/aromatic N) is 2. The number of carbonyl (C=O) groups excluding carboxylic acids is 1. The number of rotatable bonds is 5. The zero-order valence-electron chi connectivity index (χ0n) is 15.5. The van der Waals surface area contributed by atoms with Gasteiger partial charge in [0.15, 0.2) is 5.82 Å². The molecule has 3 aromatic rings. The lowest BCUT2D eigenvalue weighted by Gasteiger charge is -2.11. The molecule has 0 saturated heterocycles. The van der Waals surface area contributed by atoms with Crippen LogP contribution in [0, 0.1) is 6.92 Å². The summed E-state index contributed by atoms with van der Waals surface area (Å²) in [5, 5.41) is 2.60. The molecule has 0 aliphatic carbocycles. The Hall–Kier alpha value is -2.43. The first-order valence-electron chi connectivity index (χ1n) is 8.16. The predicted octanol–water partition coefficient (Wildman–Crippen LogP) is 5.08. The van der Waals surface area contributed by atoms with E-state index < -0.39 is 22.7 Å². The van der Waals surface area contributed by atoms with E-state index in [-0.39, 0.29) is 17.2 Å². The fourth-order valence-corrected chi connectivity index (χ4v) is 4.02. The van der Waals surface area contributed by atoms with Crippen LogP contribution in [0.2, 0.25) is 5.02 Å². The lowest BCUT2D eigenvalue weighted by Crippen LogP contribution is -2.13. The Labute approximate surface area is 172 Å². The highest BCUT2D eigenvalue weighted by Crippen LogP contribution is 2.38. The summed E-state index contributed by atoms with van der Waals surface area (Å²) in [7, 11) is 2.95. The van der Waals surface area contributed by atoms with E-state index in [1.54, 1.807) is 6.92 Å². The van der Waals surface area contributed by atoms with Crippen molar-refractivity contribution in [1.29, 1.82) is 0 Å². The van der Waals surface area contributed by atoms with E-state index >= 15 is 0 Å². The summed E-state index contributed by atoms with van der Waals surface area (Å²) in [6.45, 7) is 1.86. The third-order valence-corrected chi connectivity index (χ3v) is 5.52. The van der Waals surface area contributed by atoms with E-state index in [1.165, 1.54) is 20.3 Å². The number of thiophene rings is 1. The van der Waals surface area contributed by atoms with E-state index in [0.29, 0.717) is 27.5 Å². The molecule has 6 nitrogen and oxygen atoms in total. The van der Waals surface area contributed by atoms with Crippen LogP contribution in [0.4, 0.5) is 18.9 Å². The minimum atomic E-state index is -4.63. The van der Waals surface area contributed by atoms with Crippen LogP contribution in [-0.2, 0) is 17.5 Å². The van der Waals surface area contributed by atoms with Gasteiger partial charge < -0.3 is 14.8 Å². The number of methoxy groups -OCH3 is 2. The lowest BCUT2D eigenvalue weighted by molar-refractivity contribution is -0.137. The minimum absolute atomic E-state index is 0.0262. The molecule has 2 heterocycles. The average molecular weight is 446 g/mol. The van der Waals surface area contributed by atoms with Crippen molar-refractivity contribution in [3.63, 3.8) is 0 Å². The largest absolute Gasteiger partial charge is 0.480 e. The Balaban J connectivity index is 1.99. The number of ether oxygens (including phenoxy) is 2. The van der Waals surface area contributed by atoms with Crippen LogP contribution in [0.15, 0.2) is 18.2 Å². The fourth-order valence-electron chi connectivity index (χ4n) is 2.71. The molecule has 0 atom stereocenters. The summed E-state index contributed by atoms with van der Waals surface area (Å²) in [4.78, 5) is 22.1. The van der Waals surface area contributed by atoms with E-state index in [1.807, 2.05) is 0 Å². The fraction of sp³-hybridized carbons (Fsp3) is 0.278. The molecule has 0 bridgehead atoms. The highest BCUT2D eigenvalue weighted by Gasteiger charge is 2.33. The number of anilines is 1.